The number of thiophene rings is 1. The van der Waals surface area contributed by atoms with E-state index >= 15 is 0 Å². The second kappa shape index (κ2) is 3.79. The SMILES string of the molecule is Fc1ccc2c(c1)NC(c1cccs1)CN2. The van der Waals surface area contributed by atoms with Gasteiger partial charge in [-0.1, -0.05) is 6.07 Å². The van der Waals surface area contributed by atoms with Crippen LogP contribution >= 0.6 is 11.3 Å². The third kappa shape index (κ3) is 1.65. The molecule has 0 radical (unpaired) electrons. The van der Waals surface area contributed by atoms with Crippen LogP contribution in [0.4, 0.5) is 15.8 Å². The van der Waals surface area contributed by atoms with Gasteiger partial charge in [0.25, 0.3) is 0 Å². The molecule has 3 rings (SSSR count). The van der Waals surface area contributed by atoms with E-state index in [1.165, 1.54) is 17.0 Å². The zero-order chi connectivity index (χ0) is 11.0. The average Bonchev–Trinajstić information content (AvgIpc) is 2.81. The van der Waals surface area contributed by atoms with Gasteiger partial charge in [0, 0.05) is 11.4 Å². The van der Waals surface area contributed by atoms with Gasteiger partial charge in [-0.25, -0.2) is 4.39 Å². The molecule has 0 bridgehead atoms. The summed E-state index contributed by atoms with van der Waals surface area (Å²) in [6, 6.07) is 9.12. The van der Waals surface area contributed by atoms with E-state index in [9.17, 15) is 4.39 Å². The van der Waals surface area contributed by atoms with E-state index < -0.39 is 0 Å². The van der Waals surface area contributed by atoms with Crippen LogP contribution in [0.5, 0.6) is 0 Å². The molecular formula is C12H11FN2S. The molecule has 16 heavy (non-hydrogen) atoms. The van der Waals surface area contributed by atoms with Gasteiger partial charge in [-0.05, 0) is 29.6 Å². The maximum Gasteiger partial charge on any atom is 0.125 e. The first-order chi connectivity index (χ1) is 7.83. The van der Waals surface area contributed by atoms with Gasteiger partial charge in [-0.2, -0.15) is 0 Å². The topological polar surface area (TPSA) is 24.1 Å². The van der Waals surface area contributed by atoms with Gasteiger partial charge in [-0.15, -0.1) is 11.3 Å². The van der Waals surface area contributed by atoms with Crippen LogP contribution < -0.4 is 10.6 Å². The minimum absolute atomic E-state index is 0.208. The quantitative estimate of drug-likeness (QED) is 0.789. The second-order valence-electron chi connectivity index (χ2n) is 3.78. The van der Waals surface area contributed by atoms with Crippen molar-refractivity contribution in [2.24, 2.45) is 0 Å². The minimum Gasteiger partial charge on any atom is -0.381 e. The van der Waals surface area contributed by atoms with Crippen molar-refractivity contribution in [3.8, 4) is 0 Å². The lowest BCUT2D eigenvalue weighted by atomic mass is 10.1. The first-order valence-electron chi connectivity index (χ1n) is 5.16. The van der Waals surface area contributed by atoms with Crippen molar-refractivity contribution >= 4 is 22.7 Å². The van der Waals surface area contributed by atoms with Crippen molar-refractivity contribution in [2.75, 3.05) is 17.2 Å². The second-order valence-corrected chi connectivity index (χ2v) is 4.76. The zero-order valence-corrected chi connectivity index (χ0v) is 9.35. The Morgan fingerprint density at radius 2 is 2.19 bits per heavy atom. The largest absolute Gasteiger partial charge is 0.381 e. The number of hydrogen-bond acceptors (Lipinski definition) is 3. The Kier molecular flexibility index (Phi) is 2.29. The molecule has 0 saturated carbocycles. The Bertz CT molecular complexity index is 496. The Morgan fingerprint density at radius 1 is 1.25 bits per heavy atom. The molecule has 0 amide bonds. The number of halogens is 1. The fourth-order valence-electron chi connectivity index (χ4n) is 1.90. The molecule has 1 aromatic heterocycles. The summed E-state index contributed by atoms with van der Waals surface area (Å²) in [6.07, 6.45) is 0. The maximum atomic E-state index is 13.1. The molecule has 1 aliphatic heterocycles. The van der Waals surface area contributed by atoms with Gasteiger partial charge in [0.15, 0.2) is 0 Å². The van der Waals surface area contributed by atoms with E-state index in [0.717, 1.165) is 17.9 Å². The lowest BCUT2D eigenvalue weighted by Crippen LogP contribution is -2.25. The number of rotatable bonds is 1. The molecular weight excluding hydrogens is 223 g/mol. The summed E-state index contributed by atoms with van der Waals surface area (Å²) in [6.45, 7) is 0.832. The van der Waals surface area contributed by atoms with Crippen LogP contribution in [0.2, 0.25) is 0 Å². The molecule has 1 aliphatic rings. The van der Waals surface area contributed by atoms with Crippen molar-refractivity contribution in [1.82, 2.24) is 0 Å². The minimum atomic E-state index is -0.208. The van der Waals surface area contributed by atoms with Crippen LogP contribution in [-0.2, 0) is 0 Å². The highest BCUT2D eigenvalue weighted by atomic mass is 32.1. The van der Waals surface area contributed by atoms with Crippen molar-refractivity contribution in [3.63, 3.8) is 0 Å². The summed E-state index contributed by atoms with van der Waals surface area (Å²) in [5, 5.41) is 8.71. The standard InChI is InChI=1S/C12H11FN2S/c13-8-3-4-9-10(6-8)15-11(7-14-9)12-2-1-5-16-12/h1-6,11,14-15H,7H2. The third-order valence-electron chi connectivity index (χ3n) is 2.69. The molecule has 1 unspecified atom stereocenters. The summed E-state index contributed by atoms with van der Waals surface area (Å²) in [5.74, 6) is -0.208. The van der Waals surface area contributed by atoms with Crippen molar-refractivity contribution in [1.29, 1.82) is 0 Å². The molecule has 0 aliphatic carbocycles. The highest BCUT2D eigenvalue weighted by Gasteiger charge is 2.19. The fourth-order valence-corrected chi connectivity index (χ4v) is 2.68. The smallest absolute Gasteiger partial charge is 0.125 e. The summed E-state index contributed by atoms with van der Waals surface area (Å²) < 4.78 is 13.1. The van der Waals surface area contributed by atoms with E-state index in [1.807, 2.05) is 6.07 Å². The fraction of sp³-hybridized carbons (Fsp3) is 0.167. The molecule has 0 fully saturated rings. The predicted molar refractivity (Wildman–Crippen MR) is 65.6 cm³/mol. The van der Waals surface area contributed by atoms with Crippen LogP contribution in [0.25, 0.3) is 0 Å². The predicted octanol–water partition coefficient (Wildman–Crippen LogP) is 3.47. The molecule has 2 nitrogen and oxygen atoms in total. The van der Waals surface area contributed by atoms with E-state index in [1.54, 1.807) is 17.4 Å². The van der Waals surface area contributed by atoms with Gasteiger partial charge >= 0.3 is 0 Å². The third-order valence-corrected chi connectivity index (χ3v) is 3.68. The molecule has 1 aromatic carbocycles. The van der Waals surface area contributed by atoms with E-state index in [2.05, 4.69) is 22.1 Å². The van der Waals surface area contributed by atoms with Crippen molar-refractivity contribution < 1.29 is 4.39 Å². The van der Waals surface area contributed by atoms with E-state index in [4.69, 9.17) is 0 Å². The van der Waals surface area contributed by atoms with Crippen LogP contribution in [0, 0.1) is 5.82 Å². The summed E-state index contributed by atoms with van der Waals surface area (Å²) in [4.78, 5) is 1.27. The molecule has 2 heterocycles. The molecule has 2 N–H and O–H groups in total. The zero-order valence-electron chi connectivity index (χ0n) is 8.53. The van der Waals surface area contributed by atoms with Gasteiger partial charge in [-0.3, -0.25) is 0 Å². The lowest BCUT2D eigenvalue weighted by Gasteiger charge is -2.27. The first kappa shape index (κ1) is 9.66. The molecule has 4 heteroatoms. The van der Waals surface area contributed by atoms with Gasteiger partial charge in [0.05, 0.1) is 17.4 Å². The number of anilines is 2. The lowest BCUT2D eigenvalue weighted by molar-refractivity contribution is 0.627. The van der Waals surface area contributed by atoms with Crippen molar-refractivity contribution in [2.45, 2.75) is 6.04 Å². The van der Waals surface area contributed by atoms with Crippen molar-refractivity contribution in [3.05, 3.63) is 46.4 Å². The first-order valence-corrected chi connectivity index (χ1v) is 6.04. The normalized spacial score (nSPS) is 18.4. The molecule has 0 spiro atoms. The number of fused-ring (bicyclic) bond motifs is 1. The number of nitrogens with one attached hydrogen (secondary N) is 2. The van der Waals surface area contributed by atoms with Crippen LogP contribution in [-0.4, -0.2) is 6.54 Å². The monoisotopic (exact) mass is 234 g/mol. The Labute approximate surface area is 97.1 Å². The summed E-state index contributed by atoms with van der Waals surface area (Å²) in [5.41, 5.74) is 1.80. The number of hydrogen-bond donors (Lipinski definition) is 2. The summed E-state index contributed by atoms with van der Waals surface area (Å²) >= 11 is 1.71. The molecule has 1 atom stereocenters. The van der Waals surface area contributed by atoms with E-state index in [0.29, 0.717) is 0 Å². The van der Waals surface area contributed by atoms with Gasteiger partial charge in [0.2, 0.25) is 0 Å². The van der Waals surface area contributed by atoms with Crippen LogP contribution in [0.3, 0.4) is 0 Å². The Balaban J connectivity index is 1.91. The van der Waals surface area contributed by atoms with Gasteiger partial charge < -0.3 is 10.6 Å². The molecule has 0 saturated heterocycles. The highest BCUT2D eigenvalue weighted by molar-refractivity contribution is 7.10. The molecule has 82 valence electrons. The maximum absolute atomic E-state index is 13.1. The Morgan fingerprint density at radius 3 is 3.00 bits per heavy atom. The average molecular weight is 234 g/mol. The van der Waals surface area contributed by atoms with Crippen LogP contribution in [0.15, 0.2) is 35.7 Å². The van der Waals surface area contributed by atoms with Gasteiger partial charge in [0.1, 0.15) is 5.82 Å². The summed E-state index contributed by atoms with van der Waals surface area (Å²) in [7, 11) is 0. The number of benzene rings is 1. The van der Waals surface area contributed by atoms with E-state index in [-0.39, 0.29) is 11.9 Å². The molecule has 2 aromatic rings. The highest BCUT2D eigenvalue weighted by Crippen LogP contribution is 2.33. The van der Waals surface area contributed by atoms with Crippen LogP contribution in [0.1, 0.15) is 10.9 Å². The Hall–Kier alpha value is -1.55.